The third-order valence-electron chi connectivity index (χ3n) is 4.83. The number of carbonyl (C=O) groups is 2. The molecule has 7 heteroatoms. The molecule has 0 amide bonds. The summed E-state index contributed by atoms with van der Waals surface area (Å²) < 4.78 is 29.6. The number of rotatable bonds is 5. The van der Waals surface area contributed by atoms with Crippen LogP contribution in [0.25, 0.3) is 10.9 Å². The molecule has 3 aromatic rings. The zero-order valence-electron chi connectivity index (χ0n) is 15.4. The molecule has 2 aromatic carbocycles. The first kappa shape index (κ1) is 19.5. The standard InChI is InChI=1S/C21H19F2NO4/c1-3-5-14(21(27)28)17-11(2)24(15-8-9-16(25)19(23)18(15)17)20(26)12-6-4-7-13(22)10-12/h4,6-10,14,25H,3,5H2,1-2H3,(H,27,28). The van der Waals surface area contributed by atoms with Crippen LogP contribution >= 0.6 is 0 Å². The van der Waals surface area contributed by atoms with E-state index in [1.54, 1.807) is 6.92 Å². The Morgan fingerprint density at radius 2 is 1.89 bits per heavy atom. The number of benzene rings is 2. The van der Waals surface area contributed by atoms with Crippen LogP contribution < -0.4 is 0 Å². The maximum absolute atomic E-state index is 14.8. The summed E-state index contributed by atoms with van der Waals surface area (Å²) in [5.74, 6) is -5.03. The van der Waals surface area contributed by atoms with Crippen molar-refractivity contribution in [2.75, 3.05) is 0 Å². The van der Waals surface area contributed by atoms with Crippen molar-refractivity contribution in [1.29, 1.82) is 0 Å². The van der Waals surface area contributed by atoms with Crippen molar-refractivity contribution in [3.63, 3.8) is 0 Å². The summed E-state index contributed by atoms with van der Waals surface area (Å²) in [6.45, 7) is 3.32. The van der Waals surface area contributed by atoms with Crippen LogP contribution in [0, 0.1) is 18.6 Å². The van der Waals surface area contributed by atoms with Crippen LogP contribution in [0.2, 0.25) is 0 Å². The smallest absolute Gasteiger partial charge is 0.311 e. The van der Waals surface area contributed by atoms with Crippen molar-refractivity contribution >= 4 is 22.8 Å². The lowest BCUT2D eigenvalue weighted by Gasteiger charge is -2.13. The van der Waals surface area contributed by atoms with Crippen LogP contribution in [0.1, 0.15) is 47.3 Å². The fourth-order valence-electron chi connectivity index (χ4n) is 3.60. The average Bonchev–Trinajstić information content (AvgIpc) is 2.94. The highest BCUT2D eigenvalue weighted by molar-refractivity contribution is 6.05. The molecule has 0 spiro atoms. The summed E-state index contributed by atoms with van der Waals surface area (Å²) in [5.41, 5.74) is 0.555. The third kappa shape index (κ3) is 3.13. The highest BCUT2D eigenvalue weighted by Crippen LogP contribution is 2.38. The van der Waals surface area contributed by atoms with Gasteiger partial charge in [0.25, 0.3) is 5.91 Å². The van der Waals surface area contributed by atoms with Crippen LogP contribution in [0.15, 0.2) is 36.4 Å². The zero-order valence-corrected chi connectivity index (χ0v) is 15.4. The van der Waals surface area contributed by atoms with Crippen molar-refractivity contribution in [1.82, 2.24) is 4.57 Å². The molecule has 1 heterocycles. The molecule has 0 aliphatic heterocycles. The van der Waals surface area contributed by atoms with Crippen LogP contribution in [0.4, 0.5) is 8.78 Å². The van der Waals surface area contributed by atoms with E-state index in [0.29, 0.717) is 6.42 Å². The minimum absolute atomic E-state index is 0.0439. The minimum Gasteiger partial charge on any atom is -0.505 e. The predicted molar refractivity (Wildman–Crippen MR) is 99.7 cm³/mol. The molecule has 2 N–H and O–H groups in total. The number of halogens is 2. The van der Waals surface area contributed by atoms with Gasteiger partial charge >= 0.3 is 5.97 Å². The first-order valence-corrected chi connectivity index (χ1v) is 8.83. The molecule has 1 aromatic heterocycles. The molecular formula is C21H19F2NO4. The Balaban J connectivity index is 2.36. The Morgan fingerprint density at radius 3 is 2.50 bits per heavy atom. The van der Waals surface area contributed by atoms with Gasteiger partial charge in [0.1, 0.15) is 5.82 Å². The van der Waals surface area contributed by atoms with Gasteiger partial charge in [-0.05, 0) is 49.2 Å². The first-order valence-electron chi connectivity index (χ1n) is 8.83. The van der Waals surface area contributed by atoms with Gasteiger partial charge in [-0.3, -0.25) is 14.2 Å². The number of carbonyl (C=O) groups excluding carboxylic acids is 1. The highest BCUT2D eigenvalue weighted by atomic mass is 19.1. The predicted octanol–water partition coefficient (Wildman–Crippen LogP) is 4.59. The van der Waals surface area contributed by atoms with E-state index in [9.17, 15) is 28.6 Å². The second-order valence-corrected chi connectivity index (χ2v) is 6.62. The SMILES string of the molecule is CCCC(C(=O)O)c1c(C)n(C(=O)c2cccc(F)c2)c2ccc(O)c(F)c12. The van der Waals surface area contributed by atoms with Gasteiger partial charge < -0.3 is 10.2 Å². The Labute approximate surface area is 159 Å². The summed E-state index contributed by atoms with van der Waals surface area (Å²) in [7, 11) is 0. The van der Waals surface area contributed by atoms with E-state index in [1.807, 2.05) is 0 Å². The van der Waals surface area contributed by atoms with E-state index in [2.05, 4.69) is 0 Å². The summed E-state index contributed by atoms with van der Waals surface area (Å²) in [4.78, 5) is 24.9. The second-order valence-electron chi connectivity index (χ2n) is 6.62. The van der Waals surface area contributed by atoms with Crippen molar-refractivity contribution in [2.24, 2.45) is 0 Å². The number of aromatic hydroxyl groups is 1. The van der Waals surface area contributed by atoms with Crippen molar-refractivity contribution in [3.05, 3.63) is 64.9 Å². The Kier molecular flexibility index (Phi) is 5.18. The fourth-order valence-corrected chi connectivity index (χ4v) is 3.60. The molecule has 5 nitrogen and oxygen atoms in total. The molecule has 1 atom stereocenters. The maximum atomic E-state index is 14.8. The molecule has 28 heavy (non-hydrogen) atoms. The number of aliphatic carboxylic acids is 1. The molecule has 1 unspecified atom stereocenters. The molecule has 0 fully saturated rings. The van der Waals surface area contributed by atoms with E-state index in [1.165, 1.54) is 35.8 Å². The average molecular weight is 387 g/mol. The number of nitrogens with zero attached hydrogens (tertiary/aromatic N) is 1. The Bertz CT molecular complexity index is 1090. The molecule has 0 saturated heterocycles. The first-order chi connectivity index (χ1) is 13.3. The molecule has 0 bridgehead atoms. The number of hydrogen-bond donors (Lipinski definition) is 2. The van der Waals surface area contributed by atoms with Gasteiger partial charge in [-0.25, -0.2) is 8.78 Å². The van der Waals surface area contributed by atoms with Gasteiger partial charge in [-0.2, -0.15) is 0 Å². The van der Waals surface area contributed by atoms with Crippen LogP contribution in [0.3, 0.4) is 0 Å². The van der Waals surface area contributed by atoms with Crippen LogP contribution in [-0.4, -0.2) is 26.7 Å². The number of carboxylic acids is 1. The minimum atomic E-state index is -1.15. The summed E-state index contributed by atoms with van der Waals surface area (Å²) in [5, 5.41) is 19.4. The fraction of sp³-hybridized carbons (Fsp3) is 0.238. The molecule has 0 aliphatic carbocycles. The van der Waals surface area contributed by atoms with Crippen LogP contribution in [-0.2, 0) is 4.79 Å². The van der Waals surface area contributed by atoms with Gasteiger partial charge in [0.05, 0.1) is 11.4 Å². The molecule has 146 valence electrons. The topological polar surface area (TPSA) is 79.5 Å². The van der Waals surface area contributed by atoms with Crippen LogP contribution in [0.5, 0.6) is 5.75 Å². The summed E-state index contributed by atoms with van der Waals surface area (Å²) in [6.07, 6.45) is 0.764. The van der Waals surface area contributed by atoms with Gasteiger partial charge in [0.2, 0.25) is 0 Å². The summed E-state index contributed by atoms with van der Waals surface area (Å²) >= 11 is 0. The molecule has 0 aliphatic rings. The molecule has 3 rings (SSSR count). The number of hydrogen-bond acceptors (Lipinski definition) is 3. The lowest BCUT2D eigenvalue weighted by Crippen LogP contribution is -2.16. The van der Waals surface area contributed by atoms with Gasteiger partial charge in [-0.15, -0.1) is 0 Å². The number of aromatic nitrogens is 1. The van der Waals surface area contributed by atoms with Gasteiger partial charge in [0.15, 0.2) is 11.6 Å². The zero-order chi connectivity index (χ0) is 20.6. The van der Waals surface area contributed by atoms with Gasteiger partial charge in [-0.1, -0.05) is 19.4 Å². The summed E-state index contributed by atoms with van der Waals surface area (Å²) in [6, 6.07) is 7.52. The molecular weight excluding hydrogens is 368 g/mol. The monoisotopic (exact) mass is 387 g/mol. The van der Waals surface area contributed by atoms with Gasteiger partial charge in [0, 0.05) is 16.6 Å². The normalized spacial score (nSPS) is 12.3. The Morgan fingerprint density at radius 1 is 1.18 bits per heavy atom. The number of phenolic OH excluding ortho intramolecular Hbond substituents is 1. The lowest BCUT2D eigenvalue weighted by molar-refractivity contribution is -0.139. The van der Waals surface area contributed by atoms with E-state index >= 15 is 0 Å². The number of fused-ring (bicyclic) bond motifs is 1. The van der Waals surface area contributed by atoms with Crippen molar-refractivity contribution in [3.8, 4) is 5.75 Å². The van der Waals surface area contributed by atoms with E-state index in [0.717, 1.165) is 12.1 Å². The molecule has 0 radical (unpaired) electrons. The molecule has 0 saturated carbocycles. The lowest BCUT2D eigenvalue weighted by atomic mass is 9.92. The number of phenols is 1. The van der Waals surface area contributed by atoms with Crippen molar-refractivity contribution < 1.29 is 28.6 Å². The van der Waals surface area contributed by atoms with Crippen molar-refractivity contribution in [2.45, 2.75) is 32.6 Å². The quantitative estimate of drug-likeness (QED) is 0.671. The number of carboxylic acid groups (broad SMARTS) is 1. The Hall–Kier alpha value is -3.22. The highest BCUT2D eigenvalue weighted by Gasteiger charge is 2.31. The third-order valence-corrected chi connectivity index (χ3v) is 4.83. The maximum Gasteiger partial charge on any atom is 0.311 e. The van der Waals surface area contributed by atoms with E-state index in [-0.39, 0.29) is 34.1 Å². The van der Waals surface area contributed by atoms with E-state index < -0.39 is 35.2 Å². The van der Waals surface area contributed by atoms with E-state index in [4.69, 9.17) is 0 Å². The largest absolute Gasteiger partial charge is 0.505 e. The second kappa shape index (κ2) is 7.42.